The van der Waals surface area contributed by atoms with E-state index in [4.69, 9.17) is 10.5 Å². The van der Waals surface area contributed by atoms with Crippen LogP contribution < -0.4 is 11.1 Å². The van der Waals surface area contributed by atoms with Crippen LogP contribution in [0.15, 0.2) is 22.7 Å². The average Bonchev–Trinajstić information content (AvgIpc) is 2.38. The molecule has 1 amide bonds. The molecular formula is C13H17BrN2O3. The van der Waals surface area contributed by atoms with E-state index in [1.165, 1.54) is 6.07 Å². The number of carbonyl (C=O) groups excluding carboxylic acids is 1. The third-order valence-electron chi connectivity index (χ3n) is 3.25. The number of aromatic hydroxyl groups is 1. The Morgan fingerprint density at radius 1 is 1.63 bits per heavy atom. The number of hydrogen-bond acceptors (Lipinski definition) is 4. The van der Waals surface area contributed by atoms with Crippen molar-refractivity contribution in [2.45, 2.75) is 31.5 Å². The van der Waals surface area contributed by atoms with E-state index in [1.807, 2.05) is 6.92 Å². The first-order valence-electron chi connectivity index (χ1n) is 6.19. The largest absolute Gasteiger partial charge is 0.507 e. The van der Waals surface area contributed by atoms with Crippen LogP contribution in [0.4, 0.5) is 0 Å². The van der Waals surface area contributed by atoms with Crippen molar-refractivity contribution < 1.29 is 14.6 Å². The van der Waals surface area contributed by atoms with Gasteiger partial charge in [0, 0.05) is 18.2 Å². The quantitative estimate of drug-likeness (QED) is 0.779. The number of benzene rings is 1. The molecule has 19 heavy (non-hydrogen) atoms. The number of amides is 1. The third-order valence-corrected chi connectivity index (χ3v) is 3.92. The second-order valence-electron chi connectivity index (χ2n) is 4.56. The minimum absolute atomic E-state index is 0.0204. The van der Waals surface area contributed by atoms with E-state index in [0.717, 1.165) is 6.42 Å². The van der Waals surface area contributed by atoms with Gasteiger partial charge in [0.15, 0.2) is 0 Å². The van der Waals surface area contributed by atoms with Crippen molar-refractivity contribution in [2.75, 3.05) is 6.61 Å². The van der Waals surface area contributed by atoms with Crippen LogP contribution in [0, 0.1) is 0 Å². The molecule has 1 aromatic carbocycles. The molecule has 0 bridgehead atoms. The fraction of sp³-hybridized carbons (Fsp3) is 0.462. The second kappa shape index (κ2) is 5.90. The van der Waals surface area contributed by atoms with Crippen LogP contribution in [0.25, 0.3) is 0 Å². The predicted molar refractivity (Wildman–Crippen MR) is 75.1 cm³/mol. The Morgan fingerprint density at radius 3 is 2.95 bits per heavy atom. The zero-order valence-electron chi connectivity index (χ0n) is 10.6. The highest BCUT2D eigenvalue weighted by Crippen LogP contribution is 2.26. The molecule has 5 nitrogen and oxygen atoms in total. The van der Waals surface area contributed by atoms with Crippen LogP contribution in [-0.4, -0.2) is 35.8 Å². The van der Waals surface area contributed by atoms with Gasteiger partial charge in [-0.25, -0.2) is 0 Å². The summed E-state index contributed by atoms with van der Waals surface area (Å²) in [6, 6.07) is 4.44. The topological polar surface area (TPSA) is 84.6 Å². The van der Waals surface area contributed by atoms with Gasteiger partial charge in [0.05, 0.1) is 16.6 Å². The summed E-state index contributed by atoms with van der Waals surface area (Å²) in [5.41, 5.74) is 6.27. The van der Waals surface area contributed by atoms with Crippen LogP contribution in [-0.2, 0) is 4.74 Å². The van der Waals surface area contributed by atoms with Gasteiger partial charge in [0.25, 0.3) is 5.91 Å². The fourth-order valence-corrected chi connectivity index (χ4v) is 2.36. The number of carbonyl (C=O) groups is 1. The lowest BCUT2D eigenvalue weighted by molar-refractivity contribution is -0.0300. The zero-order chi connectivity index (χ0) is 14.0. The summed E-state index contributed by atoms with van der Waals surface area (Å²) < 4.78 is 6.04. The van der Waals surface area contributed by atoms with Crippen LogP contribution in [0.5, 0.6) is 5.75 Å². The highest BCUT2D eigenvalue weighted by Gasteiger charge is 2.40. The Kier molecular flexibility index (Phi) is 4.44. The molecule has 0 saturated heterocycles. The van der Waals surface area contributed by atoms with E-state index in [1.54, 1.807) is 12.1 Å². The molecule has 2 rings (SSSR count). The standard InChI is InChI=1S/C13H17BrN2O3/c1-2-19-11-6-9(15)12(11)16-13(18)7-3-4-8(14)10(17)5-7/h3-5,9,11-12,17H,2,6,15H2,1H3,(H,16,18). The highest BCUT2D eigenvalue weighted by molar-refractivity contribution is 9.10. The van der Waals surface area contributed by atoms with Crippen molar-refractivity contribution in [3.63, 3.8) is 0 Å². The second-order valence-corrected chi connectivity index (χ2v) is 5.41. The molecule has 1 fully saturated rings. The Bertz CT molecular complexity index is 479. The normalized spacial score (nSPS) is 25.7. The van der Waals surface area contributed by atoms with Crippen molar-refractivity contribution in [3.8, 4) is 5.75 Å². The maximum absolute atomic E-state index is 12.1. The minimum atomic E-state index is -0.257. The number of hydrogen-bond donors (Lipinski definition) is 3. The van der Waals surface area contributed by atoms with Crippen molar-refractivity contribution in [1.29, 1.82) is 0 Å². The van der Waals surface area contributed by atoms with Gasteiger partial charge in [-0.1, -0.05) is 0 Å². The van der Waals surface area contributed by atoms with Gasteiger partial charge in [0.1, 0.15) is 5.75 Å². The summed E-state index contributed by atoms with van der Waals surface area (Å²) in [5, 5.41) is 12.4. The van der Waals surface area contributed by atoms with E-state index in [0.29, 0.717) is 16.6 Å². The molecule has 1 aliphatic rings. The van der Waals surface area contributed by atoms with Gasteiger partial charge in [0.2, 0.25) is 0 Å². The zero-order valence-corrected chi connectivity index (χ0v) is 12.2. The number of phenolic OH excluding ortho intramolecular Hbond substituents is 1. The SMILES string of the molecule is CCOC1CC(N)C1NC(=O)c1ccc(Br)c(O)c1. The van der Waals surface area contributed by atoms with E-state index in [9.17, 15) is 9.90 Å². The lowest BCUT2D eigenvalue weighted by Gasteiger charge is -2.42. The summed E-state index contributed by atoms with van der Waals surface area (Å²) >= 11 is 3.17. The number of halogens is 1. The third kappa shape index (κ3) is 3.08. The summed E-state index contributed by atoms with van der Waals surface area (Å²) in [6.07, 6.45) is 0.734. The summed E-state index contributed by atoms with van der Waals surface area (Å²) in [6.45, 7) is 2.51. The molecule has 0 aromatic heterocycles. The Morgan fingerprint density at radius 2 is 2.37 bits per heavy atom. The molecule has 1 saturated carbocycles. The minimum Gasteiger partial charge on any atom is -0.507 e. The van der Waals surface area contributed by atoms with Crippen molar-refractivity contribution in [3.05, 3.63) is 28.2 Å². The first kappa shape index (κ1) is 14.3. The lowest BCUT2D eigenvalue weighted by atomic mass is 9.83. The van der Waals surface area contributed by atoms with Crippen molar-refractivity contribution in [2.24, 2.45) is 5.73 Å². The Labute approximate surface area is 120 Å². The van der Waals surface area contributed by atoms with Crippen molar-refractivity contribution >= 4 is 21.8 Å². The van der Waals surface area contributed by atoms with E-state index in [-0.39, 0.29) is 29.8 Å². The average molecular weight is 329 g/mol. The van der Waals surface area contributed by atoms with Crippen LogP contribution >= 0.6 is 15.9 Å². The molecule has 1 aromatic rings. The van der Waals surface area contributed by atoms with Crippen LogP contribution in [0.2, 0.25) is 0 Å². The molecule has 0 spiro atoms. The maximum atomic E-state index is 12.1. The fourth-order valence-electron chi connectivity index (χ4n) is 2.12. The first-order chi connectivity index (χ1) is 9.02. The predicted octanol–water partition coefficient (Wildman–Crippen LogP) is 1.39. The van der Waals surface area contributed by atoms with Gasteiger partial charge < -0.3 is 20.9 Å². The van der Waals surface area contributed by atoms with Crippen molar-refractivity contribution in [1.82, 2.24) is 5.32 Å². The molecule has 0 aliphatic heterocycles. The van der Waals surface area contributed by atoms with Crippen LogP contribution in [0.3, 0.4) is 0 Å². The van der Waals surface area contributed by atoms with Crippen LogP contribution in [0.1, 0.15) is 23.7 Å². The molecule has 3 unspecified atom stereocenters. The summed E-state index contributed by atoms with van der Waals surface area (Å²) in [4.78, 5) is 12.1. The van der Waals surface area contributed by atoms with Gasteiger partial charge in [-0.15, -0.1) is 0 Å². The molecular weight excluding hydrogens is 312 g/mol. The molecule has 104 valence electrons. The van der Waals surface area contributed by atoms with E-state index in [2.05, 4.69) is 21.2 Å². The number of ether oxygens (including phenoxy) is 1. The summed E-state index contributed by atoms with van der Waals surface area (Å²) in [5.74, 6) is -0.223. The molecule has 1 aliphatic carbocycles. The van der Waals surface area contributed by atoms with Gasteiger partial charge >= 0.3 is 0 Å². The first-order valence-corrected chi connectivity index (χ1v) is 6.98. The van der Waals surface area contributed by atoms with Gasteiger partial charge in [-0.2, -0.15) is 0 Å². The molecule has 0 radical (unpaired) electrons. The maximum Gasteiger partial charge on any atom is 0.251 e. The smallest absolute Gasteiger partial charge is 0.251 e. The van der Waals surface area contributed by atoms with Gasteiger partial charge in [-0.3, -0.25) is 4.79 Å². The monoisotopic (exact) mass is 328 g/mol. The lowest BCUT2D eigenvalue weighted by Crippen LogP contribution is -2.64. The van der Waals surface area contributed by atoms with E-state index >= 15 is 0 Å². The molecule has 3 atom stereocenters. The summed E-state index contributed by atoms with van der Waals surface area (Å²) in [7, 11) is 0. The van der Waals surface area contributed by atoms with E-state index < -0.39 is 0 Å². The molecule has 4 N–H and O–H groups in total. The molecule has 6 heteroatoms. The number of nitrogens with one attached hydrogen (secondary N) is 1. The van der Waals surface area contributed by atoms with Gasteiger partial charge in [-0.05, 0) is 47.5 Å². The Hall–Kier alpha value is -1.11. The highest BCUT2D eigenvalue weighted by atomic mass is 79.9. The number of nitrogens with two attached hydrogens (primary N) is 1. The number of phenols is 1. The Balaban J connectivity index is 2.02. The molecule has 0 heterocycles. The number of rotatable bonds is 4.